The number of aliphatic hydroxyl groups is 1. The van der Waals surface area contributed by atoms with Crippen molar-refractivity contribution >= 4 is 5.91 Å². The Balaban J connectivity index is 1.49. The standard InChI is InChI=1S/C29H30F3N5O2/c1-3-19-5-4-6-20(11-19)16-33-17-27(38)26(14-21-12-23(31)15-24(32)13-21)35-29(39)28-34-18(2)37(36-28)25-9-7-22(30)8-10-25/h4-13,15,26-27,33,38H,3,14,16-17H2,1-2H3,(H,35,39)/t26-,27+/m0/s1. The molecule has 1 amide bonds. The lowest BCUT2D eigenvalue weighted by Gasteiger charge is -2.24. The van der Waals surface area contributed by atoms with Crippen LogP contribution < -0.4 is 10.6 Å². The average molecular weight is 538 g/mol. The van der Waals surface area contributed by atoms with Gasteiger partial charge in [0.2, 0.25) is 5.82 Å². The molecule has 7 nitrogen and oxygen atoms in total. The van der Waals surface area contributed by atoms with Crippen molar-refractivity contribution < 1.29 is 23.1 Å². The second kappa shape index (κ2) is 12.7. The molecule has 0 radical (unpaired) electrons. The van der Waals surface area contributed by atoms with Gasteiger partial charge in [0.25, 0.3) is 5.91 Å². The smallest absolute Gasteiger partial charge is 0.291 e. The minimum Gasteiger partial charge on any atom is -0.390 e. The molecule has 1 heterocycles. The molecular weight excluding hydrogens is 507 g/mol. The molecular formula is C29H30F3N5O2. The van der Waals surface area contributed by atoms with Gasteiger partial charge < -0.3 is 15.7 Å². The van der Waals surface area contributed by atoms with E-state index in [1.165, 1.54) is 34.5 Å². The van der Waals surface area contributed by atoms with E-state index >= 15 is 0 Å². The highest BCUT2D eigenvalue weighted by molar-refractivity contribution is 5.90. The van der Waals surface area contributed by atoms with Crippen molar-refractivity contribution in [3.8, 4) is 5.69 Å². The predicted octanol–water partition coefficient (Wildman–Crippen LogP) is 4.05. The molecule has 39 heavy (non-hydrogen) atoms. The van der Waals surface area contributed by atoms with Crippen LogP contribution >= 0.6 is 0 Å². The zero-order valence-corrected chi connectivity index (χ0v) is 21.7. The lowest BCUT2D eigenvalue weighted by Crippen LogP contribution is -2.49. The second-order valence-electron chi connectivity index (χ2n) is 9.30. The third-order valence-electron chi connectivity index (χ3n) is 6.28. The number of hydrogen-bond donors (Lipinski definition) is 3. The van der Waals surface area contributed by atoms with Gasteiger partial charge in [0.05, 0.1) is 17.8 Å². The Labute approximate surface area is 224 Å². The number of aliphatic hydroxyl groups excluding tert-OH is 1. The first kappa shape index (κ1) is 28.0. The van der Waals surface area contributed by atoms with E-state index < -0.39 is 35.5 Å². The first-order valence-corrected chi connectivity index (χ1v) is 12.6. The van der Waals surface area contributed by atoms with Gasteiger partial charge in [-0.05, 0) is 72.9 Å². The number of nitrogens with one attached hydrogen (secondary N) is 2. The van der Waals surface area contributed by atoms with Gasteiger partial charge in [-0.1, -0.05) is 31.2 Å². The summed E-state index contributed by atoms with van der Waals surface area (Å²) in [4.78, 5) is 17.3. The highest BCUT2D eigenvalue weighted by Gasteiger charge is 2.25. The maximum absolute atomic E-state index is 13.8. The number of rotatable bonds is 11. The normalized spacial score (nSPS) is 12.8. The number of aromatic nitrogens is 3. The summed E-state index contributed by atoms with van der Waals surface area (Å²) in [5.41, 5.74) is 3.02. The van der Waals surface area contributed by atoms with E-state index in [4.69, 9.17) is 0 Å². The number of carbonyl (C=O) groups excluding carboxylic acids is 1. The van der Waals surface area contributed by atoms with E-state index in [2.05, 4.69) is 33.7 Å². The Bertz CT molecular complexity index is 1400. The fourth-order valence-corrected chi connectivity index (χ4v) is 4.28. The summed E-state index contributed by atoms with van der Waals surface area (Å²) in [7, 11) is 0. The molecule has 3 aromatic carbocycles. The van der Waals surface area contributed by atoms with Gasteiger partial charge in [-0.3, -0.25) is 4.79 Å². The van der Waals surface area contributed by atoms with E-state index in [0.29, 0.717) is 18.1 Å². The lowest BCUT2D eigenvalue weighted by atomic mass is 10.0. The van der Waals surface area contributed by atoms with Crippen molar-refractivity contribution in [3.05, 3.63) is 113 Å². The number of benzene rings is 3. The van der Waals surface area contributed by atoms with E-state index in [0.717, 1.165) is 30.2 Å². The van der Waals surface area contributed by atoms with Crippen molar-refractivity contribution in [2.24, 2.45) is 0 Å². The molecule has 0 saturated heterocycles. The first-order valence-electron chi connectivity index (χ1n) is 12.6. The molecule has 0 aliphatic heterocycles. The van der Waals surface area contributed by atoms with Gasteiger partial charge >= 0.3 is 0 Å². The molecule has 3 N–H and O–H groups in total. The van der Waals surface area contributed by atoms with Crippen LogP contribution in [0.2, 0.25) is 0 Å². The third kappa shape index (κ3) is 7.52. The van der Waals surface area contributed by atoms with Crippen LogP contribution in [0.25, 0.3) is 5.69 Å². The highest BCUT2D eigenvalue weighted by Crippen LogP contribution is 2.14. The number of aryl methyl sites for hydroxylation is 2. The zero-order valence-electron chi connectivity index (χ0n) is 21.7. The fraction of sp³-hybridized carbons (Fsp3) is 0.276. The van der Waals surface area contributed by atoms with Crippen LogP contribution in [0, 0.1) is 24.4 Å². The summed E-state index contributed by atoms with van der Waals surface area (Å²) in [6.45, 7) is 4.31. The van der Waals surface area contributed by atoms with Crippen LogP contribution in [-0.4, -0.2) is 44.5 Å². The minimum atomic E-state index is -1.10. The van der Waals surface area contributed by atoms with Gasteiger partial charge in [-0.2, -0.15) is 0 Å². The Kier molecular flexibility index (Phi) is 9.11. The second-order valence-corrected chi connectivity index (χ2v) is 9.30. The third-order valence-corrected chi connectivity index (χ3v) is 6.28. The number of amides is 1. The van der Waals surface area contributed by atoms with Crippen LogP contribution in [0.3, 0.4) is 0 Å². The molecule has 0 spiro atoms. The van der Waals surface area contributed by atoms with Gasteiger partial charge in [0.15, 0.2) is 0 Å². The molecule has 10 heteroatoms. The highest BCUT2D eigenvalue weighted by atomic mass is 19.1. The molecule has 204 valence electrons. The SMILES string of the molecule is CCc1cccc(CNC[C@@H](O)[C@H](Cc2cc(F)cc(F)c2)NC(=O)c2nc(C)n(-c3ccc(F)cc3)n2)c1. The Morgan fingerprint density at radius 1 is 0.949 bits per heavy atom. The average Bonchev–Trinajstić information content (AvgIpc) is 3.30. The molecule has 4 aromatic rings. The van der Waals surface area contributed by atoms with Gasteiger partial charge in [-0.15, -0.1) is 5.10 Å². The molecule has 4 rings (SSSR count). The van der Waals surface area contributed by atoms with Crippen LogP contribution in [0.4, 0.5) is 13.2 Å². The molecule has 1 aromatic heterocycles. The van der Waals surface area contributed by atoms with Gasteiger partial charge in [0, 0.05) is 19.2 Å². The molecule has 0 aliphatic rings. The maximum atomic E-state index is 13.8. The van der Waals surface area contributed by atoms with Gasteiger partial charge in [-0.25, -0.2) is 22.8 Å². The van der Waals surface area contributed by atoms with Crippen LogP contribution in [0.1, 0.15) is 40.1 Å². The van der Waals surface area contributed by atoms with Crippen LogP contribution in [0.5, 0.6) is 0 Å². The number of halogens is 3. The van der Waals surface area contributed by atoms with Crippen molar-refractivity contribution in [1.82, 2.24) is 25.4 Å². The molecule has 0 fully saturated rings. The molecule has 0 saturated carbocycles. The largest absolute Gasteiger partial charge is 0.390 e. The van der Waals surface area contributed by atoms with E-state index in [9.17, 15) is 23.1 Å². The molecule has 2 atom stereocenters. The van der Waals surface area contributed by atoms with E-state index in [1.54, 1.807) is 6.92 Å². The summed E-state index contributed by atoms with van der Waals surface area (Å²) in [6, 6.07) is 15.8. The molecule has 0 bridgehead atoms. The lowest BCUT2D eigenvalue weighted by molar-refractivity contribution is 0.0820. The van der Waals surface area contributed by atoms with Crippen LogP contribution in [-0.2, 0) is 19.4 Å². The van der Waals surface area contributed by atoms with Crippen molar-refractivity contribution in [2.75, 3.05) is 6.54 Å². The summed E-state index contributed by atoms with van der Waals surface area (Å²) in [6.07, 6.45) is -0.235. The predicted molar refractivity (Wildman–Crippen MR) is 141 cm³/mol. The summed E-state index contributed by atoms with van der Waals surface area (Å²) < 4.78 is 42.4. The topological polar surface area (TPSA) is 92.1 Å². The number of hydrogen-bond acceptors (Lipinski definition) is 5. The fourth-order valence-electron chi connectivity index (χ4n) is 4.28. The minimum absolute atomic E-state index is 0.0355. The Hall–Kier alpha value is -4.02. The molecule has 0 unspecified atom stereocenters. The number of nitrogens with zero attached hydrogens (tertiary/aromatic N) is 3. The van der Waals surface area contributed by atoms with Gasteiger partial charge in [0.1, 0.15) is 23.3 Å². The maximum Gasteiger partial charge on any atom is 0.291 e. The molecule has 0 aliphatic carbocycles. The summed E-state index contributed by atoms with van der Waals surface area (Å²) in [5, 5.41) is 21.1. The van der Waals surface area contributed by atoms with Crippen molar-refractivity contribution in [2.45, 2.75) is 45.4 Å². The van der Waals surface area contributed by atoms with Crippen LogP contribution in [0.15, 0.2) is 66.7 Å². The quantitative estimate of drug-likeness (QED) is 0.269. The summed E-state index contributed by atoms with van der Waals surface area (Å²) in [5.74, 6) is -2.36. The van der Waals surface area contributed by atoms with E-state index in [-0.39, 0.29) is 24.4 Å². The summed E-state index contributed by atoms with van der Waals surface area (Å²) >= 11 is 0. The monoisotopic (exact) mass is 537 g/mol. The van der Waals surface area contributed by atoms with E-state index in [1.807, 2.05) is 18.2 Å². The first-order chi connectivity index (χ1) is 18.7. The Morgan fingerprint density at radius 3 is 2.33 bits per heavy atom. The zero-order chi connectivity index (χ0) is 27.9. The van der Waals surface area contributed by atoms with Crippen molar-refractivity contribution in [3.63, 3.8) is 0 Å². The number of carbonyl (C=O) groups is 1. The Morgan fingerprint density at radius 2 is 1.64 bits per heavy atom. The van der Waals surface area contributed by atoms with Crippen molar-refractivity contribution in [1.29, 1.82) is 0 Å².